The van der Waals surface area contributed by atoms with Gasteiger partial charge in [0.1, 0.15) is 5.69 Å². The van der Waals surface area contributed by atoms with Crippen molar-refractivity contribution in [3.8, 4) is 34.8 Å². The van der Waals surface area contributed by atoms with Gasteiger partial charge in [0, 0.05) is 10.9 Å². The summed E-state index contributed by atoms with van der Waals surface area (Å²) < 4.78 is 11.0. The summed E-state index contributed by atoms with van der Waals surface area (Å²) >= 11 is 0. The topological polar surface area (TPSA) is 90.7 Å². The lowest BCUT2D eigenvalue weighted by Gasteiger charge is -2.02. The van der Waals surface area contributed by atoms with E-state index < -0.39 is 0 Å². The number of hydrogen-bond donors (Lipinski definition) is 0. The molecule has 3 aromatic heterocycles. The lowest BCUT2D eigenvalue weighted by Crippen LogP contribution is -1.89. The Kier molecular flexibility index (Phi) is 3.50. The van der Waals surface area contributed by atoms with Gasteiger partial charge in [-0.15, -0.1) is 10.2 Å². The summed E-state index contributed by atoms with van der Waals surface area (Å²) in [6, 6.07) is 19.3. The van der Waals surface area contributed by atoms with E-state index in [2.05, 4.69) is 25.3 Å². The predicted molar refractivity (Wildman–Crippen MR) is 98.5 cm³/mol. The molecule has 130 valence electrons. The van der Waals surface area contributed by atoms with Crippen LogP contribution in [0.25, 0.3) is 45.7 Å². The lowest BCUT2D eigenvalue weighted by atomic mass is 10.1. The Morgan fingerprint density at radius 1 is 0.778 bits per heavy atom. The Labute approximate surface area is 153 Å². The zero-order valence-electron chi connectivity index (χ0n) is 14.3. The number of hydrogen-bond acceptors (Lipinski definition) is 7. The molecule has 5 aromatic rings. The first-order chi connectivity index (χ1) is 13.3. The van der Waals surface area contributed by atoms with Gasteiger partial charge in [-0.1, -0.05) is 41.6 Å². The number of para-hydroxylation sites is 1. The van der Waals surface area contributed by atoms with Crippen molar-refractivity contribution in [2.24, 2.45) is 0 Å². The van der Waals surface area contributed by atoms with Crippen molar-refractivity contribution in [3.05, 3.63) is 66.2 Å². The lowest BCUT2D eigenvalue weighted by molar-refractivity contribution is 0.428. The van der Waals surface area contributed by atoms with Crippen LogP contribution < -0.4 is 0 Å². The molecule has 0 aliphatic heterocycles. The highest BCUT2D eigenvalue weighted by Crippen LogP contribution is 2.26. The van der Waals surface area contributed by atoms with E-state index in [1.165, 1.54) is 0 Å². The summed E-state index contributed by atoms with van der Waals surface area (Å²) in [6.07, 6.45) is 0. The third-order valence-electron chi connectivity index (χ3n) is 4.21. The van der Waals surface area contributed by atoms with E-state index in [-0.39, 0.29) is 11.7 Å². The molecule has 0 bridgehead atoms. The van der Waals surface area contributed by atoms with Gasteiger partial charge in [-0.3, -0.25) is 0 Å². The maximum Gasteiger partial charge on any atom is 0.289 e. The summed E-state index contributed by atoms with van der Waals surface area (Å²) in [5.74, 6) is 1.13. The summed E-state index contributed by atoms with van der Waals surface area (Å²) in [7, 11) is 0. The average molecular weight is 355 g/mol. The minimum absolute atomic E-state index is 0.196. The SMILES string of the molecule is Cc1cc(-c2nc(-c3nnc(-c4ccccc4)o3)no2)nc2ccccc12. The summed E-state index contributed by atoms with van der Waals surface area (Å²) in [5, 5.41) is 13.1. The van der Waals surface area contributed by atoms with E-state index in [4.69, 9.17) is 8.94 Å². The molecule has 0 atom stereocenters. The quantitative estimate of drug-likeness (QED) is 0.476. The molecule has 7 heteroatoms. The van der Waals surface area contributed by atoms with E-state index >= 15 is 0 Å². The molecule has 0 spiro atoms. The number of fused-ring (bicyclic) bond motifs is 1. The van der Waals surface area contributed by atoms with Crippen LogP contribution in [0.3, 0.4) is 0 Å². The van der Waals surface area contributed by atoms with Crippen LogP contribution in [0.15, 0.2) is 69.6 Å². The Hall–Kier alpha value is -3.87. The molecule has 3 heterocycles. The maximum atomic E-state index is 5.67. The highest BCUT2D eigenvalue weighted by atomic mass is 16.5. The fraction of sp³-hybridized carbons (Fsp3) is 0.0500. The third kappa shape index (κ3) is 2.75. The van der Waals surface area contributed by atoms with Crippen LogP contribution >= 0.6 is 0 Å². The first-order valence-electron chi connectivity index (χ1n) is 8.38. The largest absolute Gasteiger partial charge is 0.413 e. The first kappa shape index (κ1) is 15.4. The van der Waals surface area contributed by atoms with Crippen molar-refractivity contribution in [1.82, 2.24) is 25.3 Å². The predicted octanol–water partition coefficient (Wildman–Crippen LogP) is 4.31. The molecule has 5 rings (SSSR count). The normalized spacial score (nSPS) is 11.1. The second kappa shape index (κ2) is 6.14. The summed E-state index contributed by atoms with van der Waals surface area (Å²) in [4.78, 5) is 8.97. The Bertz CT molecular complexity index is 1240. The van der Waals surface area contributed by atoms with Crippen molar-refractivity contribution in [1.29, 1.82) is 0 Å². The van der Waals surface area contributed by atoms with E-state index in [1.807, 2.05) is 67.6 Å². The van der Waals surface area contributed by atoms with Gasteiger partial charge in [0.15, 0.2) is 0 Å². The number of aryl methyl sites for hydroxylation is 1. The monoisotopic (exact) mass is 355 g/mol. The standard InChI is InChI=1S/C20H13N5O2/c1-12-11-16(21-15-10-6-5-9-14(12)15)19-22-17(25-27-19)20-24-23-18(26-20)13-7-3-2-4-8-13/h2-11H,1H3. The van der Waals surface area contributed by atoms with Crippen molar-refractivity contribution in [2.75, 3.05) is 0 Å². The van der Waals surface area contributed by atoms with Gasteiger partial charge < -0.3 is 8.94 Å². The highest BCUT2D eigenvalue weighted by Gasteiger charge is 2.18. The third-order valence-corrected chi connectivity index (χ3v) is 4.21. The summed E-state index contributed by atoms with van der Waals surface area (Å²) in [5.41, 5.74) is 3.38. The Morgan fingerprint density at radius 2 is 1.56 bits per heavy atom. The van der Waals surface area contributed by atoms with Gasteiger partial charge in [-0.25, -0.2) is 4.98 Å². The molecule has 0 saturated carbocycles. The molecule has 0 aliphatic carbocycles. The van der Waals surface area contributed by atoms with E-state index in [9.17, 15) is 0 Å². The Balaban J connectivity index is 1.51. The minimum Gasteiger partial charge on any atom is -0.413 e. The second-order valence-electron chi connectivity index (χ2n) is 6.04. The fourth-order valence-corrected chi connectivity index (χ4v) is 2.88. The van der Waals surface area contributed by atoms with Gasteiger partial charge in [0.2, 0.25) is 5.89 Å². The molecule has 0 aliphatic rings. The highest BCUT2D eigenvalue weighted by molar-refractivity contribution is 5.84. The van der Waals surface area contributed by atoms with E-state index in [0.29, 0.717) is 17.5 Å². The number of rotatable bonds is 3. The number of nitrogens with zero attached hydrogens (tertiary/aromatic N) is 5. The van der Waals surface area contributed by atoms with Crippen molar-refractivity contribution >= 4 is 10.9 Å². The minimum atomic E-state index is 0.196. The van der Waals surface area contributed by atoms with Crippen LogP contribution in [0.4, 0.5) is 0 Å². The molecule has 0 unspecified atom stereocenters. The van der Waals surface area contributed by atoms with Crippen molar-refractivity contribution in [3.63, 3.8) is 0 Å². The number of aromatic nitrogens is 5. The molecular weight excluding hydrogens is 342 g/mol. The molecule has 0 N–H and O–H groups in total. The van der Waals surface area contributed by atoms with Crippen LogP contribution in [0.5, 0.6) is 0 Å². The van der Waals surface area contributed by atoms with Gasteiger partial charge in [0.25, 0.3) is 17.6 Å². The smallest absolute Gasteiger partial charge is 0.289 e. The maximum absolute atomic E-state index is 5.67. The van der Waals surface area contributed by atoms with Crippen LogP contribution in [-0.4, -0.2) is 25.3 Å². The van der Waals surface area contributed by atoms with Gasteiger partial charge in [0.05, 0.1) is 5.52 Å². The Morgan fingerprint density at radius 3 is 2.44 bits per heavy atom. The first-order valence-corrected chi connectivity index (χ1v) is 8.38. The van der Waals surface area contributed by atoms with Crippen molar-refractivity contribution < 1.29 is 8.94 Å². The van der Waals surface area contributed by atoms with Gasteiger partial charge >= 0.3 is 0 Å². The van der Waals surface area contributed by atoms with Crippen LogP contribution in [0.2, 0.25) is 0 Å². The molecule has 0 fully saturated rings. The molecule has 2 aromatic carbocycles. The van der Waals surface area contributed by atoms with Crippen LogP contribution in [-0.2, 0) is 0 Å². The zero-order valence-corrected chi connectivity index (χ0v) is 14.3. The molecular formula is C20H13N5O2. The van der Waals surface area contributed by atoms with E-state index in [0.717, 1.165) is 22.0 Å². The number of benzene rings is 2. The molecule has 27 heavy (non-hydrogen) atoms. The average Bonchev–Trinajstić information content (AvgIpc) is 3.38. The number of pyridine rings is 1. The molecule has 0 amide bonds. The molecule has 7 nitrogen and oxygen atoms in total. The van der Waals surface area contributed by atoms with Crippen LogP contribution in [0, 0.1) is 6.92 Å². The van der Waals surface area contributed by atoms with Crippen molar-refractivity contribution in [2.45, 2.75) is 6.92 Å². The molecule has 0 saturated heterocycles. The summed E-state index contributed by atoms with van der Waals surface area (Å²) in [6.45, 7) is 2.02. The van der Waals surface area contributed by atoms with Crippen LogP contribution in [0.1, 0.15) is 5.56 Å². The fourth-order valence-electron chi connectivity index (χ4n) is 2.88. The zero-order chi connectivity index (χ0) is 18.2. The second-order valence-corrected chi connectivity index (χ2v) is 6.04. The molecule has 0 radical (unpaired) electrons. The van der Waals surface area contributed by atoms with Gasteiger partial charge in [-0.2, -0.15) is 4.98 Å². The van der Waals surface area contributed by atoms with Gasteiger partial charge in [-0.05, 0) is 36.8 Å². The van der Waals surface area contributed by atoms with E-state index in [1.54, 1.807) is 0 Å².